The van der Waals surface area contributed by atoms with Crippen LogP contribution in [0.4, 0.5) is 4.39 Å². The number of furan rings is 1. The number of cyclic esters (lactones) is 1. The van der Waals surface area contributed by atoms with Crippen LogP contribution in [0, 0.1) is 12.7 Å². The number of aryl methyl sites for hydroxylation is 1. The van der Waals surface area contributed by atoms with E-state index in [1.807, 2.05) is 6.92 Å². The molecule has 0 bridgehead atoms. The largest absolute Gasteiger partial charge is 0.465 e. The smallest absolute Gasteiger partial charge is 0.339 e. The monoisotopic (exact) mass is 303 g/mol. The summed E-state index contributed by atoms with van der Waals surface area (Å²) in [5.74, 6) is -0.223. The number of hydrogen-bond donors (Lipinski definition) is 1. The molecule has 1 aromatic heterocycles. The highest BCUT2D eigenvalue weighted by atomic mass is 19.1. The average molecular weight is 303 g/mol. The minimum absolute atomic E-state index is 0.172. The standard InChI is InChI=1S/C16H14FNO4/c1-9-2-5-12(21-9)8-18-15(19)14-6-10-3-4-11(17)7-13(10)16(20)22-14/h2-5,7,14H,6,8H2,1H3,(H,18,19). The van der Waals surface area contributed by atoms with Crippen molar-refractivity contribution in [3.8, 4) is 0 Å². The molecule has 2 aromatic rings. The van der Waals surface area contributed by atoms with Crippen LogP contribution in [0.15, 0.2) is 34.7 Å². The van der Waals surface area contributed by atoms with E-state index in [0.717, 1.165) is 11.8 Å². The Morgan fingerprint density at radius 3 is 2.91 bits per heavy atom. The number of benzene rings is 1. The molecule has 1 amide bonds. The van der Waals surface area contributed by atoms with E-state index in [1.54, 1.807) is 12.1 Å². The van der Waals surface area contributed by atoms with Gasteiger partial charge in [-0.25, -0.2) is 9.18 Å². The van der Waals surface area contributed by atoms with Crippen LogP contribution in [0.3, 0.4) is 0 Å². The zero-order chi connectivity index (χ0) is 15.7. The van der Waals surface area contributed by atoms with Crippen molar-refractivity contribution < 1.29 is 23.1 Å². The van der Waals surface area contributed by atoms with Crippen LogP contribution >= 0.6 is 0 Å². The summed E-state index contributed by atoms with van der Waals surface area (Å²) in [4.78, 5) is 23.9. The molecular weight excluding hydrogens is 289 g/mol. The van der Waals surface area contributed by atoms with Gasteiger partial charge in [0.15, 0.2) is 6.10 Å². The Balaban J connectivity index is 1.67. The van der Waals surface area contributed by atoms with Gasteiger partial charge in [0.2, 0.25) is 0 Å². The topological polar surface area (TPSA) is 68.5 Å². The number of nitrogens with one attached hydrogen (secondary N) is 1. The molecule has 0 fully saturated rings. The van der Waals surface area contributed by atoms with Gasteiger partial charge in [-0.3, -0.25) is 4.79 Å². The molecule has 1 aliphatic rings. The molecule has 1 unspecified atom stereocenters. The van der Waals surface area contributed by atoms with Crippen LogP contribution in [0.25, 0.3) is 0 Å². The van der Waals surface area contributed by atoms with E-state index in [1.165, 1.54) is 12.1 Å². The second-order valence-corrected chi connectivity index (χ2v) is 5.13. The third kappa shape index (κ3) is 2.86. The average Bonchev–Trinajstić information content (AvgIpc) is 2.91. The number of rotatable bonds is 3. The minimum atomic E-state index is -0.915. The van der Waals surface area contributed by atoms with Crippen molar-refractivity contribution in [2.24, 2.45) is 0 Å². The molecule has 2 heterocycles. The highest BCUT2D eigenvalue weighted by molar-refractivity contribution is 5.95. The summed E-state index contributed by atoms with van der Waals surface area (Å²) in [5, 5.41) is 2.66. The molecule has 3 rings (SSSR count). The first-order valence-electron chi connectivity index (χ1n) is 6.85. The zero-order valence-electron chi connectivity index (χ0n) is 11.9. The maximum absolute atomic E-state index is 13.1. The van der Waals surface area contributed by atoms with Crippen molar-refractivity contribution >= 4 is 11.9 Å². The van der Waals surface area contributed by atoms with Gasteiger partial charge in [-0.05, 0) is 36.8 Å². The molecule has 0 saturated heterocycles. The Morgan fingerprint density at radius 2 is 2.18 bits per heavy atom. The lowest BCUT2D eigenvalue weighted by molar-refractivity contribution is -0.130. The molecule has 0 spiro atoms. The molecule has 5 nitrogen and oxygen atoms in total. The molecule has 1 aliphatic heterocycles. The van der Waals surface area contributed by atoms with Gasteiger partial charge < -0.3 is 14.5 Å². The van der Waals surface area contributed by atoms with Gasteiger partial charge in [0.05, 0.1) is 12.1 Å². The molecule has 1 atom stereocenters. The number of halogens is 1. The molecule has 1 aromatic carbocycles. The molecule has 22 heavy (non-hydrogen) atoms. The number of amides is 1. The van der Waals surface area contributed by atoms with Gasteiger partial charge in [-0.2, -0.15) is 0 Å². The Bertz CT molecular complexity index is 737. The van der Waals surface area contributed by atoms with Gasteiger partial charge >= 0.3 is 5.97 Å². The Labute approximate surface area is 126 Å². The number of carbonyl (C=O) groups excluding carboxylic acids is 2. The Morgan fingerprint density at radius 1 is 1.36 bits per heavy atom. The van der Waals surface area contributed by atoms with Crippen LogP contribution in [0.1, 0.15) is 27.4 Å². The number of ether oxygens (including phenoxy) is 1. The first-order chi connectivity index (χ1) is 10.5. The first kappa shape index (κ1) is 14.3. The summed E-state index contributed by atoms with van der Waals surface area (Å²) in [7, 11) is 0. The second-order valence-electron chi connectivity index (χ2n) is 5.13. The summed E-state index contributed by atoms with van der Waals surface area (Å²) in [6.45, 7) is 2.03. The fourth-order valence-corrected chi connectivity index (χ4v) is 2.37. The predicted molar refractivity (Wildman–Crippen MR) is 74.6 cm³/mol. The van der Waals surface area contributed by atoms with Crippen molar-refractivity contribution in [2.75, 3.05) is 0 Å². The third-order valence-electron chi connectivity index (χ3n) is 3.47. The second kappa shape index (κ2) is 5.63. The predicted octanol–water partition coefficient (Wildman–Crippen LogP) is 2.13. The maximum atomic E-state index is 13.1. The molecule has 1 N–H and O–H groups in total. The van der Waals surface area contributed by atoms with Gasteiger partial charge in [0, 0.05) is 6.42 Å². The lowest BCUT2D eigenvalue weighted by Gasteiger charge is -2.23. The molecule has 0 aliphatic carbocycles. The van der Waals surface area contributed by atoms with Gasteiger partial charge in [-0.1, -0.05) is 6.07 Å². The SMILES string of the molecule is Cc1ccc(CNC(=O)C2Cc3ccc(F)cc3C(=O)O2)o1. The van der Waals surface area contributed by atoms with Crippen molar-refractivity contribution in [3.05, 3.63) is 58.8 Å². The zero-order valence-corrected chi connectivity index (χ0v) is 11.9. The van der Waals surface area contributed by atoms with Gasteiger partial charge in [0.25, 0.3) is 5.91 Å². The van der Waals surface area contributed by atoms with E-state index in [9.17, 15) is 14.0 Å². The fourth-order valence-electron chi connectivity index (χ4n) is 2.37. The van der Waals surface area contributed by atoms with Crippen molar-refractivity contribution in [1.29, 1.82) is 0 Å². The molecule has 0 radical (unpaired) electrons. The van der Waals surface area contributed by atoms with Gasteiger partial charge in [0.1, 0.15) is 17.3 Å². The minimum Gasteiger partial charge on any atom is -0.465 e. The van der Waals surface area contributed by atoms with Gasteiger partial charge in [-0.15, -0.1) is 0 Å². The van der Waals surface area contributed by atoms with E-state index in [4.69, 9.17) is 9.15 Å². The normalized spacial score (nSPS) is 16.8. The number of esters is 1. The third-order valence-corrected chi connectivity index (χ3v) is 3.47. The molecular formula is C16H14FNO4. The first-order valence-corrected chi connectivity index (χ1v) is 6.85. The van der Waals surface area contributed by atoms with Crippen LogP contribution in [-0.4, -0.2) is 18.0 Å². The van der Waals surface area contributed by atoms with Crippen molar-refractivity contribution in [1.82, 2.24) is 5.32 Å². The summed E-state index contributed by atoms with van der Waals surface area (Å²) in [6, 6.07) is 7.45. The highest BCUT2D eigenvalue weighted by Crippen LogP contribution is 2.22. The molecule has 0 saturated carbocycles. The Hall–Kier alpha value is -2.63. The van der Waals surface area contributed by atoms with Crippen LogP contribution in [0.5, 0.6) is 0 Å². The highest BCUT2D eigenvalue weighted by Gasteiger charge is 2.31. The summed E-state index contributed by atoms with van der Waals surface area (Å²) >= 11 is 0. The Kier molecular flexibility index (Phi) is 3.66. The number of carbonyl (C=O) groups is 2. The lowest BCUT2D eigenvalue weighted by atomic mass is 9.98. The molecule has 114 valence electrons. The van der Waals surface area contributed by atoms with E-state index >= 15 is 0 Å². The quantitative estimate of drug-likeness (QED) is 0.882. The van der Waals surface area contributed by atoms with Crippen LogP contribution in [-0.2, 0) is 22.5 Å². The van der Waals surface area contributed by atoms with E-state index in [-0.39, 0.29) is 18.5 Å². The van der Waals surface area contributed by atoms with E-state index in [0.29, 0.717) is 11.3 Å². The molecule has 6 heteroatoms. The summed E-state index contributed by atoms with van der Waals surface area (Å²) < 4.78 is 23.6. The maximum Gasteiger partial charge on any atom is 0.339 e. The number of hydrogen-bond acceptors (Lipinski definition) is 4. The fraction of sp³-hybridized carbons (Fsp3) is 0.250. The van der Waals surface area contributed by atoms with Crippen LogP contribution in [0.2, 0.25) is 0 Å². The van der Waals surface area contributed by atoms with Crippen molar-refractivity contribution in [3.63, 3.8) is 0 Å². The van der Waals surface area contributed by atoms with Crippen LogP contribution < -0.4 is 5.32 Å². The van der Waals surface area contributed by atoms with E-state index < -0.39 is 23.8 Å². The number of fused-ring (bicyclic) bond motifs is 1. The lowest BCUT2D eigenvalue weighted by Crippen LogP contribution is -2.41. The summed E-state index contributed by atoms with van der Waals surface area (Å²) in [6.07, 6.45) is -0.689. The van der Waals surface area contributed by atoms with Crippen molar-refractivity contribution in [2.45, 2.75) is 26.0 Å². The summed E-state index contributed by atoms with van der Waals surface area (Å²) in [5.41, 5.74) is 0.775. The van der Waals surface area contributed by atoms with E-state index in [2.05, 4.69) is 5.32 Å².